The van der Waals surface area contributed by atoms with Crippen LogP contribution in [0.4, 0.5) is 42.9 Å². The molecule has 622 valence electrons. The standard InChI is InChI=1S/C78H74F2N6O32/c1-77(2)45-24-61(112-36-39-18-55(83(32-71(95)96)33-72(97)98)65(26-53(39)85(106)107)116-59-9-5-7-57(59)114-63-20-41(110-3)12-15-51(63)81(28-67(87)88)29-68(89)90)49(79)22-47(45)78(44-14-11-38(75(103)104)17-43(44)76(105)118-78)48-23-50(80)62(25-46(48)77)113-37-40-19-56(84(34-73(99)100)35-74(101)102)66(27-54(40)86(108)109)117-60-10-6-8-58(60)115-64-21-42(111-4)13-16-52(64)82(30-69(91)92)31-70(93)94/h11-27,57-60H,5-10,28-37H2,1-4H3,(H,87,88)(H,89,90)(H,91,92)(H,93,94)(H,95,96)(H,97,98)(H,99,100)(H,101,102)(H,103,104)/t57-,58-,59+,60+/m1/s1. The molecule has 7 aromatic carbocycles. The highest BCUT2D eigenvalue weighted by atomic mass is 19.1. The Morgan fingerprint density at radius 3 is 1.08 bits per heavy atom. The molecule has 0 bridgehead atoms. The smallest absolute Gasteiger partial charge is 0.340 e. The summed E-state index contributed by atoms with van der Waals surface area (Å²) in [4.78, 5) is 153. The number of nitro groups is 2. The number of carboxylic acids is 9. The Morgan fingerprint density at radius 1 is 0.432 bits per heavy atom. The third-order valence-electron chi connectivity index (χ3n) is 20.0. The molecule has 7 aromatic rings. The molecule has 4 aliphatic rings. The van der Waals surface area contributed by atoms with Crippen LogP contribution in [0.1, 0.15) is 112 Å². The molecule has 11 rings (SSSR count). The summed E-state index contributed by atoms with van der Waals surface area (Å²) in [5, 5.41) is 116. The fourth-order valence-corrected chi connectivity index (χ4v) is 14.9. The van der Waals surface area contributed by atoms with Gasteiger partial charge in [-0.2, -0.15) is 0 Å². The fourth-order valence-electron chi connectivity index (χ4n) is 14.9. The van der Waals surface area contributed by atoms with Crippen LogP contribution in [-0.4, -0.2) is 206 Å². The molecule has 0 unspecified atom stereocenters. The minimum Gasteiger partial charge on any atom is -0.497 e. The maximum Gasteiger partial charge on any atom is 0.340 e. The van der Waals surface area contributed by atoms with Gasteiger partial charge < -0.3 is 108 Å². The number of hydrogen-bond donors (Lipinski definition) is 9. The second kappa shape index (κ2) is 34.7. The van der Waals surface area contributed by atoms with E-state index in [1.165, 1.54) is 70.5 Å². The minimum absolute atomic E-state index is 0.000771. The van der Waals surface area contributed by atoms with Crippen LogP contribution in [0.15, 0.2) is 103 Å². The van der Waals surface area contributed by atoms with Crippen LogP contribution in [0.5, 0.6) is 46.0 Å². The molecule has 3 aliphatic carbocycles. The predicted molar refractivity (Wildman–Crippen MR) is 400 cm³/mol. The Labute approximate surface area is 664 Å². The molecule has 40 heteroatoms. The maximum absolute atomic E-state index is 17.5. The summed E-state index contributed by atoms with van der Waals surface area (Å²) in [7, 11) is 2.63. The number of nitrogens with zero attached hydrogens (tertiary/aromatic N) is 6. The molecule has 0 radical (unpaired) electrons. The summed E-state index contributed by atoms with van der Waals surface area (Å²) >= 11 is 0. The number of carboxylic acid groups (broad SMARTS) is 9. The van der Waals surface area contributed by atoms with Gasteiger partial charge >= 0.3 is 59.7 Å². The zero-order valence-corrected chi connectivity index (χ0v) is 62.8. The molecule has 2 fully saturated rings. The summed E-state index contributed by atoms with van der Waals surface area (Å²) in [5.41, 5.74) is -8.65. The molecule has 0 saturated heterocycles. The van der Waals surface area contributed by atoms with E-state index in [-0.39, 0.29) is 105 Å². The van der Waals surface area contributed by atoms with Gasteiger partial charge in [-0.1, -0.05) is 19.9 Å². The van der Waals surface area contributed by atoms with Crippen molar-refractivity contribution >= 4 is 93.8 Å². The molecule has 118 heavy (non-hydrogen) atoms. The zero-order chi connectivity index (χ0) is 85.7. The minimum atomic E-state index is -2.40. The zero-order valence-electron chi connectivity index (χ0n) is 62.8. The van der Waals surface area contributed by atoms with Gasteiger partial charge in [-0.05, 0) is 122 Å². The van der Waals surface area contributed by atoms with E-state index < -0.39 is 233 Å². The lowest BCUT2D eigenvalue weighted by Crippen LogP contribution is -2.41. The van der Waals surface area contributed by atoms with Crippen molar-refractivity contribution in [3.8, 4) is 46.0 Å². The van der Waals surface area contributed by atoms with Crippen molar-refractivity contribution in [2.45, 2.75) is 101 Å². The summed E-state index contributed by atoms with van der Waals surface area (Å²) in [5.74, 6) is -19.2. The SMILES string of the molecule is COc1ccc(N(CC(=O)O)CC(=O)O)c(O[C@@H]2CCC[C@@H]2Oc2cc([N+](=O)[O-])c(COc3cc4c(cc3F)C3(OC(=O)c5cc(C(=O)O)ccc53)c3cc(F)c(OCc5cc(N(CC(=O)O)CC(=O)O)c(O[C@H]6CCC[C@H]6Oc6cc(OC)ccc6N(CC(=O)O)CC(=O)O)cc5[N+](=O)[O-])cc3C4(C)C)cc2N(CC(=O)O)CC(=O)O)c1. The molecule has 2 saturated carbocycles. The molecule has 1 heterocycles. The van der Waals surface area contributed by atoms with E-state index >= 15 is 8.78 Å². The lowest BCUT2D eigenvalue weighted by atomic mass is 9.61. The summed E-state index contributed by atoms with van der Waals surface area (Å²) in [6, 6.07) is 19.1. The molecule has 38 nitrogen and oxygen atoms in total. The number of hydrogen-bond acceptors (Lipinski definition) is 27. The van der Waals surface area contributed by atoms with Crippen LogP contribution in [0.3, 0.4) is 0 Å². The number of aromatic carboxylic acids is 1. The van der Waals surface area contributed by atoms with E-state index in [9.17, 15) is 114 Å². The molecule has 1 spiro atoms. The van der Waals surface area contributed by atoms with Gasteiger partial charge in [-0.3, -0.25) is 58.6 Å². The average molecular weight is 1650 g/mol. The number of benzene rings is 7. The first-order valence-electron chi connectivity index (χ1n) is 35.8. The lowest BCUT2D eigenvalue weighted by molar-refractivity contribution is -0.386. The van der Waals surface area contributed by atoms with Crippen molar-refractivity contribution in [2.24, 2.45) is 0 Å². The van der Waals surface area contributed by atoms with Gasteiger partial charge in [0, 0.05) is 34.2 Å². The second-order valence-electron chi connectivity index (χ2n) is 28.1. The summed E-state index contributed by atoms with van der Waals surface area (Å²) in [6.07, 6.45) is -2.92. The van der Waals surface area contributed by atoms with Crippen LogP contribution in [0, 0.1) is 31.9 Å². The third-order valence-corrected chi connectivity index (χ3v) is 20.0. The number of ether oxygens (including phenoxy) is 9. The van der Waals surface area contributed by atoms with Crippen molar-refractivity contribution in [3.63, 3.8) is 0 Å². The number of aliphatic carboxylic acids is 8. The molecule has 1 aliphatic heterocycles. The Kier molecular flexibility index (Phi) is 24.8. The fraction of sp³-hybridized carbons (Fsp3) is 0.333. The largest absolute Gasteiger partial charge is 0.497 e. The second-order valence-corrected chi connectivity index (χ2v) is 28.1. The topological polar surface area (TPSA) is 535 Å². The van der Waals surface area contributed by atoms with E-state index in [2.05, 4.69) is 0 Å². The molecular weight excluding hydrogens is 1570 g/mol. The normalized spacial score (nSPS) is 16.3. The van der Waals surface area contributed by atoms with Crippen LogP contribution >= 0.6 is 0 Å². The molecular formula is C78H74F2N6O32. The number of methoxy groups -OCH3 is 2. The van der Waals surface area contributed by atoms with E-state index in [1.54, 1.807) is 0 Å². The van der Waals surface area contributed by atoms with Gasteiger partial charge in [-0.15, -0.1) is 0 Å². The number of fused-ring (bicyclic) bond motifs is 6. The third kappa shape index (κ3) is 18.2. The summed E-state index contributed by atoms with van der Waals surface area (Å²) in [6.45, 7) is -6.37. The monoisotopic (exact) mass is 1640 g/mol. The number of anilines is 4. The number of esters is 1. The number of carbonyl (C=O) groups excluding carboxylic acids is 1. The highest BCUT2D eigenvalue weighted by Crippen LogP contribution is 2.59. The predicted octanol–water partition coefficient (Wildman–Crippen LogP) is 8.42. The molecule has 0 amide bonds. The summed E-state index contributed by atoms with van der Waals surface area (Å²) < 4.78 is 90.0. The van der Waals surface area contributed by atoms with Crippen LogP contribution < -0.4 is 57.5 Å². The van der Waals surface area contributed by atoms with E-state index in [0.717, 1.165) is 80.3 Å². The lowest BCUT2D eigenvalue weighted by Gasteiger charge is -2.44. The number of halogens is 2. The highest BCUT2D eigenvalue weighted by molar-refractivity contribution is 6.00. The van der Waals surface area contributed by atoms with Gasteiger partial charge in [0.15, 0.2) is 28.7 Å². The van der Waals surface area contributed by atoms with Crippen LogP contribution in [-0.2, 0) is 67.3 Å². The average Bonchev–Trinajstić information content (AvgIpc) is 1.41. The van der Waals surface area contributed by atoms with Crippen molar-refractivity contribution in [3.05, 3.63) is 185 Å². The van der Waals surface area contributed by atoms with E-state index in [1.807, 2.05) is 0 Å². The van der Waals surface area contributed by atoms with Crippen LogP contribution in [0.2, 0.25) is 0 Å². The van der Waals surface area contributed by atoms with Crippen molar-refractivity contribution < 1.29 is 155 Å². The first-order chi connectivity index (χ1) is 55.9. The van der Waals surface area contributed by atoms with E-state index in [0.29, 0.717) is 12.8 Å². The van der Waals surface area contributed by atoms with Gasteiger partial charge in [0.25, 0.3) is 11.4 Å². The Morgan fingerprint density at radius 2 is 0.763 bits per heavy atom. The maximum atomic E-state index is 17.5. The molecule has 4 atom stereocenters. The van der Waals surface area contributed by atoms with Gasteiger partial charge in [0.1, 0.15) is 124 Å². The quantitative estimate of drug-likeness (QED) is 0.00991. The van der Waals surface area contributed by atoms with E-state index in [4.69, 9.17) is 42.6 Å². The van der Waals surface area contributed by atoms with Crippen LogP contribution in [0.25, 0.3) is 0 Å². The molecule has 0 aromatic heterocycles. The van der Waals surface area contributed by atoms with Crippen molar-refractivity contribution in [1.82, 2.24) is 0 Å². The number of nitro benzene ring substituents is 2. The Balaban J connectivity index is 0.968. The van der Waals surface area contributed by atoms with Gasteiger partial charge in [0.2, 0.25) is 0 Å². The van der Waals surface area contributed by atoms with Gasteiger partial charge in [0.05, 0.1) is 81.2 Å². The Bertz CT molecular complexity index is 4910. The highest BCUT2D eigenvalue weighted by Gasteiger charge is 2.57. The van der Waals surface area contributed by atoms with Crippen molar-refractivity contribution in [1.29, 1.82) is 0 Å². The Hall–Kier alpha value is -14.5. The number of carbonyl (C=O) groups is 10. The van der Waals surface area contributed by atoms with Crippen molar-refractivity contribution in [2.75, 3.05) is 86.2 Å². The first kappa shape index (κ1) is 84.4. The first-order valence-corrected chi connectivity index (χ1v) is 35.8. The van der Waals surface area contributed by atoms with Gasteiger partial charge in [-0.25, -0.2) is 18.4 Å². The molecule has 9 N–H and O–H groups in total. The number of rotatable bonds is 39.